The Hall–Kier alpha value is -0.480. The third-order valence-corrected chi connectivity index (χ3v) is 2.47. The van der Waals surface area contributed by atoms with Crippen LogP contribution in [-0.4, -0.2) is 11.2 Å². The highest BCUT2D eigenvalue weighted by molar-refractivity contribution is 4.94. The van der Waals surface area contributed by atoms with Crippen molar-refractivity contribution in [2.75, 3.05) is 0 Å². The molecule has 0 heterocycles. The van der Waals surface area contributed by atoms with Crippen LogP contribution in [0.4, 0.5) is 0 Å². The van der Waals surface area contributed by atoms with Crippen molar-refractivity contribution >= 4 is 0 Å². The van der Waals surface area contributed by atoms with Crippen LogP contribution in [0.25, 0.3) is 0 Å². The van der Waals surface area contributed by atoms with E-state index in [1.165, 1.54) is 32.1 Å². The Morgan fingerprint density at radius 1 is 1.36 bits per heavy atom. The topological polar surface area (TPSA) is 20.2 Å². The molecule has 62 valence electrons. The summed E-state index contributed by atoms with van der Waals surface area (Å²) in [6.45, 7) is 0. The van der Waals surface area contributed by atoms with Crippen molar-refractivity contribution in [3.63, 3.8) is 0 Å². The van der Waals surface area contributed by atoms with Crippen molar-refractivity contribution < 1.29 is 5.11 Å². The fourth-order valence-corrected chi connectivity index (χ4v) is 1.81. The predicted molar refractivity (Wildman–Crippen MR) is 46.0 cm³/mol. The van der Waals surface area contributed by atoms with Crippen LogP contribution >= 0.6 is 0 Å². The standard InChI is InChI=1S/C10H16O/c1-2-10(11)8-9-6-4-3-5-7-9/h1,9-11H,3-8H2/t10-/m0/s1. The molecule has 1 aliphatic carbocycles. The van der Waals surface area contributed by atoms with Crippen molar-refractivity contribution in [1.29, 1.82) is 0 Å². The molecule has 1 rings (SSSR count). The van der Waals surface area contributed by atoms with E-state index in [1.54, 1.807) is 0 Å². The molecule has 0 unspecified atom stereocenters. The number of hydrogen-bond donors (Lipinski definition) is 1. The number of hydrogen-bond acceptors (Lipinski definition) is 1. The minimum absolute atomic E-state index is 0.502. The first-order valence-electron chi connectivity index (χ1n) is 4.47. The summed E-state index contributed by atoms with van der Waals surface area (Å²) in [6, 6.07) is 0. The lowest BCUT2D eigenvalue weighted by Gasteiger charge is -2.21. The van der Waals surface area contributed by atoms with E-state index in [0.717, 1.165) is 6.42 Å². The highest BCUT2D eigenvalue weighted by Crippen LogP contribution is 2.26. The maximum Gasteiger partial charge on any atom is 0.114 e. The van der Waals surface area contributed by atoms with Crippen LogP contribution in [0, 0.1) is 18.3 Å². The predicted octanol–water partition coefficient (Wildman–Crippen LogP) is 1.95. The molecule has 1 heteroatoms. The van der Waals surface area contributed by atoms with Gasteiger partial charge in [-0.3, -0.25) is 0 Å². The van der Waals surface area contributed by atoms with Crippen LogP contribution < -0.4 is 0 Å². The van der Waals surface area contributed by atoms with Crippen LogP contribution in [0.1, 0.15) is 38.5 Å². The highest BCUT2D eigenvalue weighted by Gasteiger charge is 2.15. The van der Waals surface area contributed by atoms with Crippen molar-refractivity contribution in [3.8, 4) is 12.3 Å². The molecule has 0 aromatic rings. The molecule has 0 saturated heterocycles. The van der Waals surface area contributed by atoms with E-state index in [-0.39, 0.29) is 0 Å². The smallest absolute Gasteiger partial charge is 0.114 e. The number of terminal acetylenes is 1. The number of rotatable bonds is 2. The molecule has 0 aromatic carbocycles. The van der Waals surface area contributed by atoms with E-state index in [1.807, 2.05) is 0 Å². The lowest BCUT2D eigenvalue weighted by Crippen LogP contribution is -2.14. The molecule has 0 aliphatic heterocycles. The molecular weight excluding hydrogens is 136 g/mol. The summed E-state index contributed by atoms with van der Waals surface area (Å²) >= 11 is 0. The Labute approximate surface area is 68.8 Å². The Balaban J connectivity index is 2.20. The maximum absolute atomic E-state index is 9.17. The summed E-state index contributed by atoms with van der Waals surface area (Å²) in [4.78, 5) is 0. The molecule has 1 fully saturated rings. The van der Waals surface area contributed by atoms with Crippen molar-refractivity contribution in [2.45, 2.75) is 44.6 Å². The summed E-state index contributed by atoms with van der Waals surface area (Å²) in [5, 5.41) is 9.17. The van der Waals surface area contributed by atoms with Crippen LogP contribution in [0.3, 0.4) is 0 Å². The largest absolute Gasteiger partial charge is 0.380 e. The zero-order valence-corrected chi connectivity index (χ0v) is 6.92. The summed E-state index contributed by atoms with van der Waals surface area (Å²) < 4.78 is 0. The van der Waals surface area contributed by atoms with E-state index in [0.29, 0.717) is 5.92 Å². The molecular formula is C10H16O. The molecule has 1 aliphatic rings. The SMILES string of the molecule is C#C[C@H](O)CC1CCCCC1. The second kappa shape index (κ2) is 4.41. The van der Waals surface area contributed by atoms with Crippen LogP contribution in [0.2, 0.25) is 0 Å². The summed E-state index contributed by atoms with van der Waals surface area (Å²) in [7, 11) is 0. The monoisotopic (exact) mass is 152 g/mol. The average Bonchev–Trinajstić information content (AvgIpc) is 2.06. The van der Waals surface area contributed by atoms with E-state index in [2.05, 4.69) is 5.92 Å². The fourth-order valence-electron chi connectivity index (χ4n) is 1.81. The van der Waals surface area contributed by atoms with Crippen molar-refractivity contribution in [3.05, 3.63) is 0 Å². The fraction of sp³-hybridized carbons (Fsp3) is 0.800. The Morgan fingerprint density at radius 2 is 2.00 bits per heavy atom. The molecule has 1 atom stereocenters. The zero-order chi connectivity index (χ0) is 8.10. The van der Waals surface area contributed by atoms with E-state index in [9.17, 15) is 5.11 Å². The lowest BCUT2D eigenvalue weighted by molar-refractivity contribution is 0.178. The van der Waals surface area contributed by atoms with Gasteiger partial charge in [0, 0.05) is 0 Å². The second-order valence-corrected chi connectivity index (χ2v) is 3.42. The molecule has 0 bridgehead atoms. The molecule has 11 heavy (non-hydrogen) atoms. The van der Waals surface area contributed by atoms with Gasteiger partial charge in [-0.1, -0.05) is 38.0 Å². The van der Waals surface area contributed by atoms with Gasteiger partial charge in [-0.15, -0.1) is 6.42 Å². The van der Waals surface area contributed by atoms with Gasteiger partial charge in [-0.25, -0.2) is 0 Å². The first-order valence-corrected chi connectivity index (χ1v) is 4.47. The summed E-state index contributed by atoms with van der Waals surface area (Å²) in [5.41, 5.74) is 0. The average molecular weight is 152 g/mol. The summed E-state index contributed by atoms with van der Waals surface area (Å²) in [6.07, 6.45) is 11.9. The van der Waals surface area contributed by atoms with Crippen LogP contribution in [0.5, 0.6) is 0 Å². The van der Waals surface area contributed by atoms with Crippen molar-refractivity contribution in [2.24, 2.45) is 5.92 Å². The van der Waals surface area contributed by atoms with Crippen LogP contribution in [0.15, 0.2) is 0 Å². The van der Waals surface area contributed by atoms with Gasteiger partial charge in [0.25, 0.3) is 0 Å². The first-order chi connectivity index (χ1) is 5.33. The molecule has 1 N–H and O–H groups in total. The lowest BCUT2D eigenvalue weighted by atomic mass is 9.85. The van der Waals surface area contributed by atoms with Gasteiger partial charge in [-0.05, 0) is 12.3 Å². The van der Waals surface area contributed by atoms with Crippen LogP contribution in [-0.2, 0) is 0 Å². The van der Waals surface area contributed by atoms with Crippen molar-refractivity contribution in [1.82, 2.24) is 0 Å². The van der Waals surface area contributed by atoms with Gasteiger partial charge in [0.1, 0.15) is 6.10 Å². The number of aliphatic hydroxyl groups excluding tert-OH is 1. The Morgan fingerprint density at radius 3 is 2.55 bits per heavy atom. The van der Waals surface area contributed by atoms with Gasteiger partial charge in [0.05, 0.1) is 0 Å². The Kier molecular flexibility index (Phi) is 3.45. The number of aliphatic hydroxyl groups is 1. The highest BCUT2D eigenvalue weighted by atomic mass is 16.3. The summed E-state index contributed by atoms with van der Waals surface area (Å²) in [5.74, 6) is 3.06. The van der Waals surface area contributed by atoms with E-state index in [4.69, 9.17) is 6.42 Å². The quantitative estimate of drug-likeness (QED) is 0.600. The minimum atomic E-state index is -0.502. The molecule has 0 aromatic heterocycles. The minimum Gasteiger partial charge on any atom is -0.380 e. The second-order valence-electron chi connectivity index (χ2n) is 3.42. The van der Waals surface area contributed by atoms with Gasteiger partial charge >= 0.3 is 0 Å². The third-order valence-electron chi connectivity index (χ3n) is 2.47. The maximum atomic E-state index is 9.17. The third kappa shape index (κ3) is 2.95. The first kappa shape index (κ1) is 8.62. The van der Waals surface area contributed by atoms with E-state index < -0.39 is 6.10 Å². The molecule has 0 spiro atoms. The molecule has 0 amide bonds. The van der Waals surface area contributed by atoms with E-state index >= 15 is 0 Å². The molecule has 1 nitrogen and oxygen atoms in total. The van der Waals surface area contributed by atoms with Gasteiger partial charge < -0.3 is 5.11 Å². The zero-order valence-electron chi connectivity index (χ0n) is 6.92. The Bertz CT molecular complexity index is 139. The van der Waals surface area contributed by atoms with Gasteiger partial charge in [0.2, 0.25) is 0 Å². The molecule has 1 saturated carbocycles. The van der Waals surface area contributed by atoms with Gasteiger partial charge in [0.15, 0.2) is 0 Å². The normalized spacial score (nSPS) is 22.5. The van der Waals surface area contributed by atoms with Gasteiger partial charge in [-0.2, -0.15) is 0 Å². The molecule has 0 radical (unpaired) electrons.